The van der Waals surface area contributed by atoms with Crippen LogP contribution in [0.25, 0.3) is 11.0 Å². The van der Waals surface area contributed by atoms with Gasteiger partial charge in [0.15, 0.2) is 0 Å². The van der Waals surface area contributed by atoms with Crippen molar-refractivity contribution in [1.82, 2.24) is 14.5 Å². The fourth-order valence-corrected chi connectivity index (χ4v) is 4.63. The monoisotopic (exact) mass is 467 g/mol. The molecule has 3 heterocycles. The second kappa shape index (κ2) is 9.77. The van der Waals surface area contributed by atoms with Crippen LogP contribution in [0.2, 0.25) is 0 Å². The fourth-order valence-electron chi connectivity index (χ4n) is 4.63. The zero-order chi connectivity index (χ0) is 24.4. The van der Waals surface area contributed by atoms with Gasteiger partial charge in [0.1, 0.15) is 23.0 Å². The van der Waals surface area contributed by atoms with E-state index in [9.17, 15) is 18.8 Å². The largest absolute Gasteiger partial charge is 0.435 e. The molecule has 0 bridgehead atoms. The smallest absolute Gasteiger partial charge is 0.387 e. The second-order valence-corrected chi connectivity index (χ2v) is 8.48. The number of halogens is 2. The quantitative estimate of drug-likeness (QED) is 0.544. The van der Waals surface area contributed by atoms with Crippen molar-refractivity contribution in [3.8, 4) is 11.8 Å². The molecule has 1 unspecified atom stereocenters. The van der Waals surface area contributed by atoms with Crippen molar-refractivity contribution in [2.45, 2.75) is 39.0 Å². The lowest BCUT2D eigenvalue weighted by Crippen LogP contribution is -2.53. The van der Waals surface area contributed by atoms with Gasteiger partial charge in [-0.05, 0) is 43.2 Å². The number of rotatable bonds is 6. The molecule has 9 heteroatoms. The van der Waals surface area contributed by atoms with E-state index in [1.165, 1.54) is 0 Å². The molecule has 1 saturated heterocycles. The molecule has 7 nitrogen and oxygen atoms in total. The molecule has 3 aromatic rings. The summed E-state index contributed by atoms with van der Waals surface area (Å²) in [4.78, 5) is 21.8. The highest BCUT2D eigenvalue weighted by atomic mass is 19.3. The Morgan fingerprint density at radius 3 is 2.59 bits per heavy atom. The fraction of sp³-hybridized carbons (Fsp3) is 0.400. The van der Waals surface area contributed by atoms with Crippen molar-refractivity contribution in [3.05, 3.63) is 64.1 Å². The van der Waals surface area contributed by atoms with Gasteiger partial charge < -0.3 is 14.2 Å². The van der Waals surface area contributed by atoms with E-state index < -0.39 is 6.61 Å². The molecule has 0 aliphatic carbocycles. The van der Waals surface area contributed by atoms with Gasteiger partial charge in [-0.3, -0.25) is 9.69 Å². The predicted molar refractivity (Wildman–Crippen MR) is 126 cm³/mol. The number of hydrogen-bond acceptors (Lipinski definition) is 6. The summed E-state index contributed by atoms with van der Waals surface area (Å²) in [7, 11) is 1.71. The van der Waals surface area contributed by atoms with Crippen LogP contribution in [0.4, 0.5) is 14.5 Å². The highest BCUT2D eigenvalue weighted by Gasteiger charge is 2.30. The number of ether oxygens (including phenoxy) is 1. The van der Waals surface area contributed by atoms with Crippen molar-refractivity contribution in [2.75, 3.05) is 24.5 Å². The molecule has 0 saturated carbocycles. The molecular formula is C25H27F2N5O2. The van der Waals surface area contributed by atoms with Crippen LogP contribution in [0.5, 0.6) is 5.75 Å². The van der Waals surface area contributed by atoms with Gasteiger partial charge in [0.2, 0.25) is 0 Å². The van der Waals surface area contributed by atoms with Crippen molar-refractivity contribution in [1.29, 1.82) is 5.26 Å². The van der Waals surface area contributed by atoms with Gasteiger partial charge in [-0.2, -0.15) is 14.0 Å². The number of alkyl halides is 2. The first-order chi connectivity index (χ1) is 16.3. The number of aryl methyl sites for hydroxylation is 1. The molecule has 1 aliphatic rings. The number of nitriles is 1. The lowest BCUT2D eigenvalue weighted by molar-refractivity contribution is -0.0498. The minimum absolute atomic E-state index is 0.0838. The van der Waals surface area contributed by atoms with E-state index in [4.69, 9.17) is 0 Å². The van der Waals surface area contributed by atoms with Gasteiger partial charge >= 0.3 is 6.61 Å². The second-order valence-electron chi connectivity index (χ2n) is 8.48. The van der Waals surface area contributed by atoms with Crippen molar-refractivity contribution >= 4 is 16.7 Å². The molecule has 1 aromatic carbocycles. The minimum atomic E-state index is -2.84. The molecular weight excluding hydrogens is 440 g/mol. The van der Waals surface area contributed by atoms with E-state index in [0.29, 0.717) is 23.3 Å². The summed E-state index contributed by atoms with van der Waals surface area (Å²) in [6.07, 6.45) is 0.860. The molecule has 0 radical (unpaired) electrons. The van der Waals surface area contributed by atoms with Crippen LogP contribution in [0.1, 0.15) is 37.6 Å². The number of piperazine rings is 1. The van der Waals surface area contributed by atoms with Crippen molar-refractivity contribution < 1.29 is 13.5 Å². The maximum absolute atomic E-state index is 12.7. The molecule has 1 fully saturated rings. The van der Waals surface area contributed by atoms with Crippen molar-refractivity contribution in [3.63, 3.8) is 0 Å². The molecule has 0 amide bonds. The standard InChI is InChI=1S/C25H27F2N5O2/c1-4-19-15-31(16(2)17-5-8-20(9-6-17)34-25(26)27)11-12-32(19)22-13-23(33)30(3)21-10-7-18(14-28)29-24(21)22/h5-10,13,16,19,25H,4,11-12,15H2,1-3H3/t16?,19-/m0/s1. The number of pyridine rings is 2. The predicted octanol–water partition coefficient (Wildman–Crippen LogP) is 4.07. The van der Waals surface area contributed by atoms with E-state index in [0.717, 1.165) is 30.8 Å². The summed E-state index contributed by atoms with van der Waals surface area (Å²) in [5.74, 6) is 0.143. The zero-order valence-electron chi connectivity index (χ0n) is 19.4. The molecule has 1 aliphatic heterocycles. The van der Waals surface area contributed by atoms with Gasteiger partial charge in [-0.15, -0.1) is 0 Å². The lowest BCUT2D eigenvalue weighted by atomic mass is 10.0. The summed E-state index contributed by atoms with van der Waals surface area (Å²) >= 11 is 0. The molecule has 178 valence electrons. The normalized spacial score (nSPS) is 17.7. The van der Waals surface area contributed by atoms with Gasteiger partial charge in [0, 0.05) is 44.8 Å². The average molecular weight is 468 g/mol. The van der Waals surface area contributed by atoms with E-state index >= 15 is 0 Å². The third-order valence-corrected chi connectivity index (χ3v) is 6.61. The van der Waals surface area contributed by atoms with Crippen LogP contribution in [0, 0.1) is 11.3 Å². The van der Waals surface area contributed by atoms with E-state index in [1.54, 1.807) is 41.9 Å². The maximum Gasteiger partial charge on any atom is 0.387 e. The van der Waals surface area contributed by atoms with Crippen molar-refractivity contribution in [2.24, 2.45) is 7.05 Å². The Balaban J connectivity index is 1.60. The Labute approximate surface area is 196 Å². The molecule has 2 atom stereocenters. The Hall–Kier alpha value is -3.51. The first-order valence-electron chi connectivity index (χ1n) is 11.3. The third kappa shape index (κ3) is 4.59. The van der Waals surface area contributed by atoms with Crippen LogP contribution in [-0.4, -0.2) is 46.7 Å². The average Bonchev–Trinajstić information content (AvgIpc) is 2.85. The minimum Gasteiger partial charge on any atom is -0.435 e. The van der Waals surface area contributed by atoms with Crippen LogP contribution in [0.15, 0.2) is 47.3 Å². The van der Waals surface area contributed by atoms with E-state index in [1.807, 2.05) is 12.1 Å². The molecule has 34 heavy (non-hydrogen) atoms. The summed E-state index contributed by atoms with van der Waals surface area (Å²) in [5, 5.41) is 9.34. The zero-order valence-corrected chi connectivity index (χ0v) is 19.4. The Morgan fingerprint density at radius 2 is 1.94 bits per heavy atom. The summed E-state index contributed by atoms with van der Waals surface area (Å²) in [6.45, 7) is 3.57. The van der Waals surface area contributed by atoms with E-state index in [-0.39, 0.29) is 23.4 Å². The van der Waals surface area contributed by atoms with Crippen LogP contribution in [0.3, 0.4) is 0 Å². The Kier molecular flexibility index (Phi) is 6.80. The van der Waals surface area contributed by atoms with Crippen LogP contribution in [-0.2, 0) is 7.05 Å². The highest BCUT2D eigenvalue weighted by molar-refractivity contribution is 5.89. The highest BCUT2D eigenvalue weighted by Crippen LogP contribution is 2.31. The molecule has 4 rings (SSSR count). The van der Waals surface area contributed by atoms with Crippen LogP contribution < -0.4 is 15.2 Å². The molecule has 0 spiro atoms. The summed E-state index contributed by atoms with van der Waals surface area (Å²) in [5.41, 5.74) is 3.30. The Morgan fingerprint density at radius 1 is 1.21 bits per heavy atom. The first-order valence-corrected chi connectivity index (χ1v) is 11.3. The summed E-state index contributed by atoms with van der Waals surface area (Å²) < 4.78 is 30.9. The number of hydrogen-bond donors (Lipinski definition) is 0. The first kappa shape index (κ1) is 23.6. The number of fused-ring (bicyclic) bond motifs is 1. The maximum atomic E-state index is 12.7. The van der Waals surface area contributed by atoms with E-state index in [2.05, 4.69) is 39.4 Å². The van der Waals surface area contributed by atoms with Gasteiger partial charge in [-0.25, -0.2) is 4.98 Å². The van der Waals surface area contributed by atoms with Gasteiger partial charge in [-0.1, -0.05) is 19.1 Å². The van der Waals surface area contributed by atoms with Gasteiger partial charge in [0.05, 0.1) is 11.2 Å². The number of anilines is 1. The Bertz CT molecular complexity index is 1270. The lowest BCUT2D eigenvalue weighted by Gasteiger charge is -2.45. The van der Waals surface area contributed by atoms with Crippen LogP contribution >= 0.6 is 0 Å². The topological polar surface area (TPSA) is 74.4 Å². The SMILES string of the molecule is CC[C@H]1CN(C(C)c2ccc(OC(F)F)cc2)CCN1c1cc(=O)n(C)c2ccc(C#N)nc12. The number of aromatic nitrogens is 2. The third-order valence-electron chi connectivity index (χ3n) is 6.61. The van der Waals surface area contributed by atoms with Gasteiger partial charge in [0.25, 0.3) is 5.56 Å². The number of nitrogens with zero attached hydrogens (tertiary/aromatic N) is 5. The number of benzene rings is 1. The molecule has 2 aromatic heterocycles. The summed E-state index contributed by atoms with van der Waals surface area (Å²) in [6, 6.07) is 14.1. The molecule has 0 N–H and O–H groups in total.